The van der Waals surface area contributed by atoms with Crippen molar-refractivity contribution in [1.29, 1.82) is 0 Å². The van der Waals surface area contributed by atoms with Crippen LogP contribution >= 0.6 is 0 Å². The molecular formula is C13H24N4. The fourth-order valence-electron chi connectivity index (χ4n) is 2.30. The maximum Gasteiger partial charge on any atom is 0.0764 e. The lowest BCUT2D eigenvalue weighted by molar-refractivity contribution is 0.0593. The van der Waals surface area contributed by atoms with Crippen molar-refractivity contribution >= 4 is 0 Å². The van der Waals surface area contributed by atoms with Crippen molar-refractivity contribution in [2.24, 2.45) is 5.73 Å². The Bertz CT molecular complexity index is 365. The van der Waals surface area contributed by atoms with Crippen LogP contribution in [0.5, 0.6) is 0 Å². The van der Waals surface area contributed by atoms with Crippen LogP contribution in [0.2, 0.25) is 0 Å². The van der Waals surface area contributed by atoms with Crippen LogP contribution in [0.3, 0.4) is 0 Å². The van der Waals surface area contributed by atoms with Gasteiger partial charge in [0.25, 0.3) is 0 Å². The minimum absolute atomic E-state index is 0.0548. The second-order valence-electron chi connectivity index (χ2n) is 5.41. The summed E-state index contributed by atoms with van der Waals surface area (Å²) in [6, 6.07) is 2.61. The Morgan fingerprint density at radius 1 is 1.47 bits per heavy atom. The number of rotatable bonds is 5. The lowest BCUT2D eigenvalue weighted by Gasteiger charge is -2.47. The molecular weight excluding hydrogens is 212 g/mol. The molecule has 1 aromatic heterocycles. The maximum absolute atomic E-state index is 6.15. The fraction of sp³-hybridized carbons (Fsp3) is 0.769. The first kappa shape index (κ1) is 12.6. The van der Waals surface area contributed by atoms with Crippen LogP contribution in [-0.4, -0.2) is 33.3 Å². The molecule has 2 N–H and O–H groups in total. The number of hydrogen-bond donors (Lipinski definition) is 1. The highest BCUT2D eigenvalue weighted by molar-refractivity contribution is 5.05. The molecule has 4 heteroatoms. The molecule has 96 valence electrons. The molecule has 4 nitrogen and oxygen atoms in total. The van der Waals surface area contributed by atoms with Crippen LogP contribution in [-0.2, 0) is 6.54 Å². The summed E-state index contributed by atoms with van der Waals surface area (Å²) in [6.45, 7) is 9.48. The first-order valence-electron chi connectivity index (χ1n) is 6.61. The summed E-state index contributed by atoms with van der Waals surface area (Å²) in [4.78, 5) is 2.37. The summed E-state index contributed by atoms with van der Waals surface area (Å²) in [5, 5.41) is 4.61. The first-order valence-corrected chi connectivity index (χ1v) is 6.61. The summed E-state index contributed by atoms with van der Waals surface area (Å²) in [5.41, 5.74) is 7.36. The molecule has 2 rings (SSSR count). The second-order valence-corrected chi connectivity index (χ2v) is 5.41. The van der Waals surface area contributed by atoms with Crippen LogP contribution < -0.4 is 5.73 Å². The molecule has 1 saturated heterocycles. The van der Waals surface area contributed by atoms with Gasteiger partial charge in [0.1, 0.15) is 0 Å². The van der Waals surface area contributed by atoms with Crippen LogP contribution in [0, 0.1) is 0 Å². The van der Waals surface area contributed by atoms with E-state index in [4.69, 9.17) is 5.73 Å². The standard InChI is InChI=1S/C13H24N4/c1-4-11(3)17-7-6-12(15-17)8-16-9-13(14,5-2)10-16/h6-7,11H,4-5,8-10,14H2,1-3H3. The molecule has 1 aliphatic rings. The van der Waals surface area contributed by atoms with Crippen LogP contribution in [0.25, 0.3) is 0 Å². The minimum atomic E-state index is 0.0548. The highest BCUT2D eigenvalue weighted by Crippen LogP contribution is 2.23. The quantitative estimate of drug-likeness (QED) is 0.847. The van der Waals surface area contributed by atoms with Gasteiger partial charge < -0.3 is 5.73 Å². The Hall–Kier alpha value is -0.870. The van der Waals surface area contributed by atoms with Crippen molar-refractivity contribution in [1.82, 2.24) is 14.7 Å². The normalized spacial score (nSPS) is 21.2. The van der Waals surface area contributed by atoms with E-state index in [1.165, 1.54) is 0 Å². The second kappa shape index (κ2) is 4.78. The third kappa shape index (κ3) is 2.69. The van der Waals surface area contributed by atoms with Gasteiger partial charge in [-0.2, -0.15) is 5.10 Å². The molecule has 2 heterocycles. The van der Waals surface area contributed by atoms with Gasteiger partial charge in [-0.25, -0.2) is 0 Å². The predicted octanol–water partition coefficient (Wildman–Crippen LogP) is 1.78. The molecule has 17 heavy (non-hydrogen) atoms. The molecule has 0 bridgehead atoms. The Morgan fingerprint density at radius 2 is 2.18 bits per heavy atom. The Balaban J connectivity index is 1.87. The van der Waals surface area contributed by atoms with E-state index in [9.17, 15) is 0 Å². The van der Waals surface area contributed by atoms with E-state index in [0.717, 1.165) is 38.2 Å². The highest BCUT2D eigenvalue weighted by Gasteiger charge is 2.37. The molecule has 0 aromatic carbocycles. The first-order chi connectivity index (χ1) is 8.06. The molecule has 0 saturated carbocycles. The highest BCUT2D eigenvalue weighted by atomic mass is 15.3. The summed E-state index contributed by atoms with van der Waals surface area (Å²) >= 11 is 0. The third-order valence-corrected chi connectivity index (χ3v) is 3.87. The number of aromatic nitrogens is 2. The van der Waals surface area contributed by atoms with Crippen LogP contribution in [0.15, 0.2) is 12.3 Å². The van der Waals surface area contributed by atoms with Gasteiger partial charge in [-0.15, -0.1) is 0 Å². The van der Waals surface area contributed by atoms with E-state index < -0.39 is 0 Å². The van der Waals surface area contributed by atoms with E-state index >= 15 is 0 Å². The Kier molecular flexibility index (Phi) is 3.54. The maximum atomic E-state index is 6.15. The van der Waals surface area contributed by atoms with Crippen molar-refractivity contribution in [3.63, 3.8) is 0 Å². The lowest BCUT2D eigenvalue weighted by atomic mass is 9.88. The zero-order chi connectivity index (χ0) is 12.5. The zero-order valence-electron chi connectivity index (χ0n) is 11.2. The molecule has 1 fully saturated rings. The molecule has 0 radical (unpaired) electrons. The number of nitrogens with two attached hydrogens (primary N) is 1. The number of nitrogens with zero attached hydrogens (tertiary/aromatic N) is 3. The van der Waals surface area contributed by atoms with Gasteiger partial charge in [0.2, 0.25) is 0 Å². The minimum Gasteiger partial charge on any atom is -0.323 e. The molecule has 0 amide bonds. The largest absolute Gasteiger partial charge is 0.323 e. The van der Waals surface area contributed by atoms with Crippen molar-refractivity contribution in [2.45, 2.75) is 51.7 Å². The van der Waals surface area contributed by atoms with Crippen molar-refractivity contribution < 1.29 is 0 Å². The molecule has 1 unspecified atom stereocenters. The van der Waals surface area contributed by atoms with Gasteiger partial charge in [-0.1, -0.05) is 13.8 Å². The zero-order valence-corrected chi connectivity index (χ0v) is 11.2. The van der Waals surface area contributed by atoms with E-state index in [-0.39, 0.29) is 5.54 Å². The van der Waals surface area contributed by atoms with E-state index in [1.807, 2.05) is 0 Å². The molecule has 1 aliphatic heterocycles. The third-order valence-electron chi connectivity index (χ3n) is 3.87. The van der Waals surface area contributed by atoms with Crippen molar-refractivity contribution in [2.75, 3.05) is 13.1 Å². The van der Waals surface area contributed by atoms with Gasteiger partial charge in [0.05, 0.1) is 5.69 Å². The SMILES string of the molecule is CCC(C)n1ccc(CN2CC(N)(CC)C2)n1. The summed E-state index contributed by atoms with van der Waals surface area (Å²) in [6.07, 6.45) is 4.26. The van der Waals surface area contributed by atoms with Crippen LogP contribution in [0.1, 0.15) is 45.3 Å². The molecule has 1 atom stereocenters. The van der Waals surface area contributed by atoms with Crippen molar-refractivity contribution in [3.05, 3.63) is 18.0 Å². The van der Waals surface area contributed by atoms with E-state index in [2.05, 4.69) is 47.7 Å². The van der Waals surface area contributed by atoms with Gasteiger partial charge >= 0.3 is 0 Å². The predicted molar refractivity (Wildman–Crippen MR) is 69.7 cm³/mol. The van der Waals surface area contributed by atoms with Gasteiger partial charge in [-0.05, 0) is 25.8 Å². The summed E-state index contributed by atoms with van der Waals surface area (Å²) in [7, 11) is 0. The molecule has 1 aromatic rings. The Labute approximate surface area is 104 Å². The molecule has 0 spiro atoms. The van der Waals surface area contributed by atoms with Crippen molar-refractivity contribution in [3.8, 4) is 0 Å². The van der Waals surface area contributed by atoms with Gasteiger partial charge in [-0.3, -0.25) is 9.58 Å². The average Bonchev–Trinajstić information content (AvgIpc) is 2.74. The smallest absolute Gasteiger partial charge is 0.0764 e. The van der Waals surface area contributed by atoms with Crippen LogP contribution in [0.4, 0.5) is 0 Å². The van der Waals surface area contributed by atoms with Gasteiger partial charge in [0, 0.05) is 37.4 Å². The summed E-state index contributed by atoms with van der Waals surface area (Å²) < 4.78 is 2.06. The fourth-order valence-corrected chi connectivity index (χ4v) is 2.30. The lowest BCUT2D eigenvalue weighted by Crippen LogP contribution is -2.66. The van der Waals surface area contributed by atoms with E-state index in [0.29, 0.717) is 6.04 Å². The topological polar surface area (TPSA) is 47.1 Å². The average molecular weight is 236 g/mol. The molecule has 0 aliphatic carbocycles. The van der Waals surface area contributed by atoms with E-state index in [1.54, 1.807) is 0 Å². The number of hydrogen-bond acceptors (Lipinski definition) is 3. The summed E-state index contributed by atoms with van der Waals surface area (Å²) in [5.74, 6) is 0. The number of likely N-dealkylation sites (tertiary alicyclic amines) is 1. The monoisotopic (exact) mass is 236 g/mol. The Morgan fingerprint density at radius 3 is 2.76 bits per heavy atom. The van der Waals surface area contributed by atoms with Gasteiger partial charge in [0.15, 0.2) is 0 Å².